The van der Waals surface area contributed by atoms with Crippen molar-refractivity contribution in [2.24, 2.45) is 0 Å². The number of carbonyl (C=O) groups excluding carboxylic acids is 1. The Morgan fingerprint density at radius 2 is 2.00 bits per heavy atom. The molecule has 1 aromatic rings. The molecule has 0 unspecified atom stereocenters. The van der Waals surface area contributed by atoms with Crippen LogP contribution in [0.5, 0.6) is 0 Å². The van der Waals surface area contributed by atoms with Crippen LogP contribution < -0.4 is 5.32 Å². The first-order valence-electron chi connectivity index (χ1n) is 5.22. The third-order valence-corrected chi connectivity index (χ3v) is 2.93. The topological polar surface area (TPSA) is 69.6 Å². The van der Waals surface area contributed by atoms with Gasteiger partial charge in [0.1, 0.15) is 6.54 Å². The van der Waals surface area contributed by atoms with Crippen LogP contribution in [0, 0.1) is 0 Å². The molecule has 2 N–H and O–H groups in total. The van der Waals surface area contributed by atoms with Crippen molar-refractivity contribution < 1.29 is 27.9 Å². The summed E-state index contributed by atoms with van der Waals surface area (Å²) in [4.78, 5) is 22.8. The minimum Gasteiger partial charge on any atom is -0.480 e. The minimum absolute atomic E-state index is 0.0808. The molecule has 0 radical (unpaired) electrons. The van der Waals surface area contributed by atoms with E-state index in [1.807, 2.05) is 0 Å². The zero-order valence-electron chi connectivity index (χ0n) is 10.2. The number of carboxylic acid groups (broad SMARTS) is 1. The van der Waals surface area contributed by atoms with Gasteiger partial charge in [-0.3, -0.25) is 4.79 Å². The number of benzene rings is 1. The number of carboxylic acids is 1. The molecule has 0 saturated carbocycles. The Morgan fingerprint density at radius 1 is 1.40 bits per heavy atom. The summed E-state index contributed by atoms with van der Waals surface area (Å²) in [6.45, 7) is -0.561. The number of nitrogens with one attached hydrogen (secondary N) is 1. The van der Waals surface area contributed by atoms with Crippen molar-refractivity contribution in [3.05, 3.63) is 28.2 Å². The average Bonchev–Trinajstić information content (AvgIpc) is 2.29. The largest absolute Gasteiger partial charge is 0.480 e. The van der Waals surface area contributed by atoms with E-state index in [2.05, 4.69) is 21.2 Å². The summed E-state index contributed by atoms with van der Waals surface area (Å²) >= 11 is 2.77. The molecule has 0 fully saturated rings. The molecule has 0 heterocycles. The van der Waals surface area contributed by atoms with Crippen LogP contribution in [0.25, 0.3) is 0 Å². The van der Waals surface area contributed by atoms with Gasteiger partial charge < -0.3 is 15.3 Å². The third-order valence-electron chi connectivity index (χ3n) is 2.24. The summed E-state index contributed by atoms with van der Waals surface area (Å²) in [6, 6.07) is 2.36. The van der Waals surface area contributed by atoms with Crippen LogP contribution in [0.2, 0.25) is 0 Å². The molecule has 0 aliphatic carbocycles. The van der Waals surface area contributed by atoms with Crippen molar-refractivity contribution in [3.8, 4) is 0 Å². The zero-order chi connectivity index (χ0) is 15.5. The number of amides is 2. The normalized spacial score (nSPS) is 11.1. The highest BCUT2D eigenvalue weighted by molar-refractivity contribution is 9.10. The van der Waals surface area contributed by atoms with Gasteiger partial charge in [0.25, 0.3) is 0 Å². The fourth-order valence-electron chi connectivity index (χ4n) is 1.31. The van der Waals surface area contributed by atoms with Crippen LogP contribution in [-0.4, -0.2) is 35.6 Å². The van der Waals surface area contributed by atoms with Crippen LogP contribution >= 0.6 is 15.9 Å². The summed E-state index contributed by atoms with van der Waals surface area (Å²) in [5, 5.41) is 10.7. The molecule has 2 amide bonds. The number of anilines is 1. The predicted octanol–water partition coefficient (Wildman–Crippen LogP) is 3.02. The number of alkyl halides is 3. The fraction of sp³-hybridized carbons (Fsp3) is 0.273. The lowest BCUT2D eigenvalue weighted by Crippen LogP contribution is -2.35. The minimum atomic E-state index is -4.56. The maximum Gasteiger partial charge on any atom is 0.417 e. The molecule has 0 saturated heterocycles. The molecule has 110 valence electrons. The molecule has 0 aromatic heterocycles. The molecule has 5 nitrogen and oxygen atoms in total. The van der Waals surface area contributed by atoms with Crippen LogP contribution in [0.4, 0.5) is 23.7 Å². The molecule has 20 heavy (non-hydrogen) atoms. The van der Waals surface area contributed by atoms with E-state index in [4.69, 9.17) is 5.11 Å². The molecule has 0 spiro atoms. The van der Waals surface area contributed by atoms with Crippen molar-refractivity contribution in [2.45, 2.75) is 6.18 Å². The SMILES string of the molecule is CN(CC(=O)O)C(=O)Nc1ccc(Br)c(C(F)(F)F)c1. The number of halogens is 4. The van der Waals surface area contributed by atoms with Gasteiger partial charge in [0.15, 0.2) is 0 Å². The number of nitrogens with zero attached hydrogens (tertiary/aromatic N) is 1. The Bertz CT molecular complexity index is 534. The number of rotatable bonds is 3. The Kier molecular flexibility index (Phi) is 4.98. The number of carbonyl (C=O) groups is 2. The van der Waals surface area contributed by atoms with Gasteiger partial charge in [-0.05, 0) is 18.2 Å². The number of hydrogen-bond donors (Lipinski definition) is 2. The second-order valence-corrected chi connectivity index (χ2v) is 4.73. The summed E-state index contributed by atoms with van der Waals surface area (Å²) < 4.78 is 37.8. The van der Waals surface area contributed by atoms with E-state index in [0.29, 0.717) is 0 Å². The second kappa shape index (κ2) is 6.12. The molecular formula is C11H10BrF3N2O3. The first-order valence-corrected chi connectivity index (χ1v) is 6.01. The van der Waals surface area contributed by atoms with E-state index in [9.17, 15) is 22.8 Å². The third kappa shape index (κ3) is 4.41. The summed E-state index contributed by atoms with van der Waals surface area (Å²) in [6.07, 6.45) is -4.56. The Hall–Kier alpha value is -1.77. The van der Waals surface area contributed by atoms with Crippen LogP contribution in [0.1, 0.15) is 5.56 Å². The Labute approximate surface area is 120 Å². The molecule has 0 aliphatic heterocycles. The van der Waals surface area contributed by atoms with Crippen molar-refractivity contribution in [2.75, 3.05) is 18.9 Å². The second-order valence-electron chi connectivity index (χ2n) is 3.87. The van der Waals surface area contributed by atoms with Crippen molar-refractivity contribution >= 4 is 33.6 Å². The lowest BCUT2D eigenvalue weighted by molar-refractivity contribution is -0.138. The van der Waals surface area contributed by atoms with Gasteiger partial charge in [-0.25, -0.2) is 4.79 Å². The van der Waals surface area contributed by atoms with E-state index in [1.54, 1.807) is 0 Å². The van der Waals surface area contributed by atoms with Crippen LogP contribution in [-0.2, 0) is 11.0 Å². The highest BCUT2D eigenvalue weighted by atomic mass is 79.9. The molecule has 0 aliphatic rings. The lowest BCUT2D eigenvalue weighted by Gasteiger charge is -2.17. The number of aliphatic carboxylic acids is 1. The highest BCUT2D eigenvalue weighted by Crippen LogP contribution is 2.36. The van der Waals surface area contributed by atoms with E-state index in [-0.39, 0.29) is 10.2 Å². The fourth-order valence-corrected chi connectivity index (χ4v) is 1.79. The van der Waals surface area contributed by atoms with E-state index in [0.717, 1.165) is 17.0 Å². The molecule has 1 rings (SSSR count). The standard InChI is InChI=1S/C11H10BrF3N2O3/c1-17(5-9(18)19)10(20)16-6-2-3-8(12)7(4-6)11(13,14)15/h2-4H,5H2,1H3,(H,16,20)(H,18,19). The van der Waals surface area contributed by atoms with Crippen molar-refractivity contribution in [3.63, 3.8) is 0 Å². The molecule has 9 heteroatoms. The monoisotopic (exact) mass is 354 g/mol. The number of likely N-dealkylation sites (N-methyl/N-ethyl adjacent to an activating group) is 1. The smallest absolute Gasteiger partial charge is 0.417 e. The quantitative estimate of drug-likeness (QED) is 0.876. The van der Waals surface area contributed by atoms with Gasteiger partial charge in [-0.1, -0.05) is 15.9 Å². The predicted molar refractivity (Wildman–Crippen MR) is 68.4 cm³/mol. The number of hydrogen-bond acceptors (Lipinski definition) is 2. The van der Waals surface area contributed by atoms with Gasteiger partial charge in [0.05, 0.1) is 5.56 Å². The maximum absolute atomic E-state index is 12.7. The van der Waals surface area contributed by atoms with Crippen LogP contribution in [0.3, 0.4) is 0 Å². The summed E-state index contributed by atoms with van der Waals surface area (Å²) in [7, 11) is 1.22. The number of urea groups is 1. The van der Waals surface area contributed by atoms with Gasteiger partial charge >= 0.3 is 18.2 Å². The van der Waals surface area contributed by atoms with Gasteiger partial charge in [0.2, 0.25) is 0 Å². The molecule has 0 bridgehead atoms. The molecular weight excluding hydrogens is 345 g/mol. The first kappa shape index (κ1) is 16.3. The molecule has 1 aromatic carbocycles. The zero-order valence-corrected chi connectivity index (χ0v) is 11.7. The van der Waals surface area contributed by atoms with Gasteiger partial charge in [-0.2, -0.15) is 13.2 Å². The Morgan fingerprint density at radius 3 is 2.50 bits per heavy atom. The lowest BCUT2D eigenvalue weighted by atomic mass is 10.2. The Balaban J connectivity index is 2.89. The van der Waals surface area contributed by atoms with E-state index in [1.165, 1.54) is 13.1 Å². The maximum atomic E-state index is 12.7. The summed E-state index contributed by atoms with van der Waals surface area (Å²) in [5.41, 5.74) is -1.01. The first-order chi connectivity index (χ1) is 9.11. The highest BCUT2D eigenvalue weighted by Gasteiger charge is 2.33. The van der Waals surface area contributed by atoms with Crippen LogP contribution in [0.15, 0.2) is 22.7 Å². The summed E-state index contributed by atoms with van der Waals surface area (Å²) in [5.74, 6) is -1.23. The van der Waals surface area contributed by atoms with Crippen molar-refractivity contribution in [1.29, 1.82) is 0 Å². The molecule has 0 atom stereocenters. The van der Waals surface area contributed by atoms with Gasteiger partial charge in [0, 0.05) is 17.2 Å². The average molecular weight is 355 g/mol. The van der Waals surface area contributed by atoms with Crippen molar-refractivity contribution in [1.82, 2.24) is 4.90 Å². The van der Waals surface area contributed by atoms with E-state index < -0.39 is 30.3 Å². The van der Waals surface area contributed by atoms with Gasteiger partial charge in [-0.15, -0.1) is 0 Å². The van der Waals surface area contributed by atoms with E-state index >= 15 is 0 Å².